The maximum Gasteiger partial charge on any atom is 1.00 e. The molecule has 0 radical (unpaired) electrons. The number of carbonyl (C=O) groups excluding carboxylic acids is 1. The number of unbranched alkanes of at least 4 members (excludes halogenated alkanes) is 2. The summed E-state index contributed by atoms with van der Waals surface area (Å²) in [6.45, 7) is 1.29. The number of methoxy groups -OCH3 is 1. The van der Waals surface area contributed by atoms with Crippen molar-refractivity contribution in [3.8, 4) is 0 Å². The molecule has 18 heavy (non-hydrogen) atoms. The molecule has 0 atom stereocenters. The summed E-state index contributed by atoms with van der Waals surface area (Å²) >= 11 is 0. The standard InChI is InChI=1S/C10H21NO5S.K/c1-16-10(12)6-3-2-4-7-11-8-5-9-17(13,14)15;/h11H,2-9H2,1H3,(H,13,14,15);/q;+1/p-1. The van der Waals surface area contributed by atoms with Crippen molar-refractivity contribution in [1.82, 2.24) is 5.32 Å². The summed E-state index contributed by atoms with van der Waals surface area (Å²) in [6, 6.07) is 0. The molecular formula is C10H20KNO5S. The Morgan fingerprint density at radius 2 is 1.78 bits per heavy atom. The van der Waals surface area contributed by atoms with Crippen LogP contribution in [0.25, 0.3) is 0 Å². The minimum atomic E-state index is -4.08. The molecule has 0 amide bonds. The number of esters is 1. The van der Waals surface area contributed by atoms with Gasteiger partial charge in [0.2, 0.25) is 0 Å². The van der Waals surface area contributed by atoms with Gasteiger partial charge in [-0.05, 0) is 32.4 Å². The fraction of sp³-hybridized carbons (Fsp3) is 0.900. The molecule has 0 rings (SSSR count). The smallest absolute Gasteiger partial charge is 0.748 e. The van der Waals surface area contributed by atoms with Crippen LogP contribution in [0.4, 0.5) is 0 Å². The molecule has 0 aliphatic carbocycles. The Morgan fingerprint density at radius 3 is 2.33 bits per heavy atom. The SMILES string of the molecule is COC(=O)CCCCCNCCCS(=O)(=O)[O-].[K+]. The molecule has 0 saturated heterocycles. The van der Waals surface area contributed by atoms with Crippen LogP contribution in [-0.2, 0) is 19.6 Å². The van der Waals surface area contributed by atoms with Gasteiger partial charge < -0.3 is 14.6 Å². The molecule has 0 aromatic carbocycles. The molecule has 0 fully saturated rings. The molecule has 0 bridgehead atoms. The molecule has 102 valence electrons. The van der Waals surface area contributed by atoms with E-state index in [2.05, 4.69) is 10.1 Å². The normalized spacial score (nSPS) is 10.8. The van der Waals surface area contributed by atoms with Gasteiger partial charge in [-0.25, -0.2) is 8.42 Å². The van der Waals surface area contributed by atoms with Crippen molar-refractivity contribution in [2.45, 2.75) is 32.1 Å². The molecule has 0 aromatic heterocycles. The van der Waals surface area contributed by atoms with Crippen LogP contribution in [0.2, 0.25) is 0 Å². The molecule has 6 nitrogen and oxygen atoms in total. The second kappa shape index (κ2) is 13.0. The van der Waals surface area contributed by atoms with E-state index in [1.807, 2.05) is 0 Å². The van der Waals surface area contributed by atoms with Crippen molar-refractivity contribution in [3.05, 3.63) is 0 Å². The van der Waals surface area contributed by atoms with Crippen molar-refractivity contribution in [2.75, 3.05) is 26.0 Å². The van der Waals surface area contributed by atoms with E-state index in [9.17, 15) is 17.8 Å². The summed E-state index contributed by atoms with van der Waals surface area (Å²) in [4.78, 5) is 10.8. The molecule has 0 saturated carbocycles. The zero-order valence-electron chi connectivity index (χ0n) is 11.1. The van der Waals surface area contributed by atoms with Gasteiger partial charge in [0, 0.05) is 12.2 Å². The molecule has 0 spiro atoms. The van der Waals surface area contributed by atoms with E-state index in [4.69, 9.17) is 0 Å². The Labute approximate surface area is 151 Å². The van der Waals surface area contributed by atoms with E-state index in [1.165, 1.54) is 7.11 Å². The fourth-order valence-corrected chi connectivity index (χ4v) is 1.80. The minimum absolute atomic E-state index is 0. The Balaban J connectivity index is 0. The number of hydrogen-bond acceptors (Lipinski definition) is 6. The maximum atomic E-state index is 10.8. The van der Waals surface area contributed by atoms with Crippen molar-refractivity contribution < 1.29 is 73.9 Å². The third-order valence-corrected chi connectivity index (χ3v) is 3.00. The van der Waals surface area contributed by atoms with Crippen LogP contribution in [-0.4, -0.2) is 44.9 Å². The van der Waals surface area contributed by atoms with Crippen molar-refractivity contribution in [3.63, 3.8) is 0 Å². The third kappa shape index (κ3) is 17.0. The second-order valence-electron chi connectivity index (χ2n) is 3.75. The predicted octanol–water partition coefficient (Wildman–Crippen LogP) is -2.75. The minimum Gasteiger partial charge on any atom is -0.748 e. The van der Waals surface area contributed by atoms with E-state index in [1.54, 1.807) is 0 Å². The summed E-state index contributed by atoms with van der Waals surface area (Å²) in [5.74, 6) is -0.513. The second-order valence-corrected chi connectivity index (χ2v) is 5.28. The van der Waals surface area contributed by atoms with Crippen molar-refractivity contribution >= 4 is 16.1 Å². The van der Waals surface area contributed by atoms with Crippen LogP contribution in [0.1, 0.15) is 32.1 Å². The van der Waals surface area contributed by atoms with Crippen molar-refractivity contribution in [2.24, 2.45) is 0 Å². The van der Waals surface area contributed by atoms with E-state index in [-0.39, 0.29) is 63.1 Å². The fourth-order valence-electron chi connectivity index (χ4n) is 1.30. The van der Waals surface area contributed by atoms with Crippen LogP contribution >= 0.6 is 0 Å². The van der Waals surface area contributed by atoms with Crippen LogP contribution in [0.3, 0.4) is 0 Å². The van der Waals surface area contributed by atoms with Gasteiger partial charge in [0.05, 0.1) is 17.2 Å². The average Bonchev–Trinajstić information content (AvgIpc) is 2.25. The summed E-state index contributed by atoms with van der Waals surface area (Å²) in [5, 5.41) is 3.04. The summed E-state index contributed by atoms with van der Waals surface area (Å²) < 4.78 is 35.3. The Bertz CT molecular complexity index is 307. The zero-order chi connectivity index (χ0) is 13.1. The van der Waals surface area contributed by atoms with Gasteiger partial charge in [-0.2, -0.15) is 0 Å². The van der Waals surface area contributed by atoms with E-state index >= 15 is 0 Å². The number of rotatable bonds is 10. The van der Waals surface area contributed by atoms with Gasteiger partial charge in [0.15, 0.2) is 0 Å². The summed E-state index contributed by atoms with van der Waals surface area (Å²) in [7, 11) is -2.71. The number of hydrogen-bond donors (Lipinski definition) is 1. The van der Waals surface area contributed by atoms with Gasteiger partial charge in [0.1, 0.15) is 0 Å². The Hall–Kier alpha value is 0.976. The molecule has 8 heteroatoms. The quantitative estimate of drug-likeness (QED) is 0.203. The zero-order valence-corrected chi connectivity index (χ0v) is 15.0. The number of carbonyl (C=O) groups is 1. The van der Waals surface area contributed by atoms with E-state index in [0.29, 0.717) is 19.4 Å². The van der Waals surface area contributed by atoms with Gasteiger partial charge in [-0.15, -0.1) is 0 Å². The first-order chi connectivity index (χ1) is 7.95. The predicted molar refractivity (Wildman–Crippen MR) is 62.5 cm³/mol. The molecule has 0 aliphatic rings. The van der Waals surface area contributed by atoms with Gasteiger partial charge >= 0.3 is 57.4 Å². The van der Waals surface area contributed by atoms with Crippen LogP contribution in [0.5, 0.6) is 0 Å². The molecule has 0 aliphatic heterocycles. The van der Waals surface area contributed by atoms with Crippen LogP contribution in [0, 0.1) is 0 Å². The topological polar surface area (TPSA) is 95.5 Å². The molecule has 0 unspecified atom stereocenters. The van der Waals surface area contributed by atoms with Crippen LogP contribution in [0.15, 0.2) is 0 Å². The van der Waals surface area contributed by atoms with E-state index in [0.717, 1.165) is 25.8 Å². The molecule has 0 aromatic rings. The monoisotopic (exact) mass is 305 g/mol. The largest absolute Gasteiger partial charge is 1.00 e. The van der Waals surface area contributed by atoms with E-state index < -0.39 is 10.1 Å². The number of ether oxygens (including phenoxy) is 1. The summed E-state index contributed by atoms with van der Waals surface area (Å²) in [5.41, 5.74) is 0. The molecular weight excluding hydrogens is 285 g/mol. The Morgan fingerprint density at radius 1 is 1.17 bits per heavy atom. The third-order valence-electron chi connectivity index (χ3n) is 2.21. The molecule has 1 N–H and O–H groups in total. The Kier molecular flexibility index (Phi) is 15.3. The van der Waals surface area contributed by atoms with Gasteiger partial charge in [0.25, 0.3) is 0 Å². The number of nitrogens with one attached hydrogen (secondary N) is 1. The average molecular weight is 305 g/mol. The van der Waals surface area contributed by atoms with Gasteiger partial charge in [-0.3, -0.25) is 4.79 Å². The first-order valence-corrected chi connectivity index (χ1v) is 7.24. The summed E-state index contributed by atoms with van der Waals surface area (Å²) in [6.07, 6.45) is 3.41. The van der Waals surface area contributed by atoms with Gasteiger partial charge in [-0.1, -0.05) is 6.42 Å². The van der Waals surface area contributed by atoms with Crippen LogP contribution < -0.4 is 56.7 Å². The first kappa shape index (κ1) is 21.3. The first-order valence-electron chi connectivity index (χ1n) is 5.67. The maximum absolute atomic E-state index is 10.8. The van der Waals surface area contributed by atoms with Crippen molar-refractivity contribution in [1.29, 1.82) is 0 Å². The molecule has 0 heterocycles.